The Morgan fingerprint density at radius 3 is 3.00 bits per heavy atom. The zero-order valence-electron chi connectivity index (χ0n) is 11.9. The van der Waals surface area contributed by atoms with Crippen LogP contribution in [-0.2, 0) is 20.8 Å². The lowest BCUT2D eigenvalue weighted by atomic mass is 9.78. The van der Waals surface area contributed by atoms with E-state index in [1.54, 1.807) is 0 Å². The first-order valence-electron chi connectivity index (χ1n) is 7.21. The van der Waals surface area contributed by atoms with Crippen LogP contribution in [0.3, 0.4) is 0 Å². The van der Waals surface area contributed by atoms with Crippen LogP contribution in [0.2, 0.25) is 0 Å². The number of ether oxygens (including phenoxy) is 2. The summed E-state index contributed by atoms with van der Waals surface area (Å²) in [6.07, 6.45) is 1.79. The van der Waals surface area contributed by atoms with E-state index in [-0.39, 0.29) is 12.1 Å². The van der Waals surface area contributed by atoms with Gasteiger partial charge in [0.05, 0.1) is 13.2 Å². The number of esters is 1. The van der Waals surface area contributed by atoms with Gasteiger partial charge in [0.15, 0.2) is 0 Å². The summed E-state index contributed by atoms with van der Waals surface area (Å²) in [5.74, 6) is -0.113. The molecule has 3 rings (SSSR count). The first-order valence-corrected chi connectivity index (χ1v) is 7.21. The summed E-state index contributed by atoms with van der Waals surface area (Å²) in [6, 6.07) is 10.4. The third-order valence-corrected chi connectivity index (χ3v) is 4.47. The lowest BCUT2D eigenvalue weighted by Crippen LogP contribution is -2.47. The Morgan fingerprint density at radius 1 is 1.45 bits per heavy atom. The van der Waals surface area contributed by atoms with Crippen molar-refractivity contribution in [1.29, 1.82) is 0 Å². The number of benzene rings is 1. The Hall–Kier alpha value is -1.39. The maximum atomic E-state index is 12.2. The zero-order chi connectivity index (χ0) is 14.0. The predicted molar refractivity (Wildman–Crippen MR) is 75.1 cm³/mol. The highest BCUT2D eigenvalue weighted by molar-refractivity contribution is 5.78. The van der Waals surface area contributed by atoms with Gasteiger partial charge in [0, 0.05) is 26.2 Å². The molecule has 2 heterocycles. The normalized spacial score (nSPS) is 29.9. The van der Waals surface area contributed by atoms with Crippen molar-refractivity contribution in [3.63, 3.8) is 0 Å². The van der Waals surface area contributed by atoms with Crippen molar-refractivity contribution in [2.45, 2.75) is 25.5 Å². The van der Waals surface area contributed by atoms with E-state index in [1.807, 2.05) is 18.2 Å². The van der Waals surface area contributed by atoms with Crippen molar-refractivity contribution in [1.82, 2.24) is 4.90 Å². The molecule has 108 valence electrons. The van der Waals surface area contributed by atoms with E-state index in [1.165, 1.54) is 12.7 Å². The fraction of sp³-hybridized carbons (Fsp3) is 0.562. The van der Waals surface area contributed by atoms with Gasteiger partial charge in [-0.15, -0.1) is 0 Å². The number of likely N-dealkylation sites (tertiary alicyclic amines) is 1. The van der Waals surface area contributed by atoms with E-state index in [9.17, 15) is 4.79 Å². The van der Waals surface area contributed by atoms with Crippen LogP contribution >= 0.6 is 0 Å². The molecule has 1 aromatic rings. The maximum Gasteiger partial charge on any atom is 0.315 e. The molecule has 2 aliphatic rings. The molecule has 2 unspecified atom stereocenters. The van der Waals surface area contributed by atoms with Crippen molar-refractivity contribution in [2.75, 3.05) is 26.8 Å². The monoisotopic (exact) mass is 275 g/mol. The lowest BCUT2D eigenvalue weighted by Gasteiger charge is -2.35. The van der Waals surface area contributed by atoms with Crippen LogP contribution in [0.25, 0.3) is 0 Å². The largest absolute Gasteiger partial charge is 0.468 e. The van der Waals surface area contributed by atoms with Crippen LogP contribution < -0.4 is 0 Å². The van der Waals surface area contributed by atoms with Crippen LogP contribution in [0.5, 0.6) is 0 Å². The summed E-state index contributed by atoms with van der Waals surface area (Å²) in [6.45, 7) is 3.16. The second kappa shape index (κ2) is 5.54. The van der Waals surface area contributed by atoms with Gasteiger partial charge in [0.25, 0.3) is 0 Å². The summed E-state index contributed by atoms with van der Waals surface area (Å²) in [5.41, 5.74) is 0.813. The molecule has 0 bridgehead atoms. The Balaban J connectivity index is 1.76. The minimum absolute atomic E-state index is 0.0209. The van der Waals surface area contributed by atoms with Gasteiger partial charge in [0.1, 0.15) is 5.41 Å². The molecule has 1 aromatic carbocycles. The van der Waals surface area contributed by atoms with Gasteiger partial charge in [-0.25, -0.2) is 0 Å². The van der Waals surface area contributed by atoms with E-state index in [0.717, 1.165) is 39.1 Å². The average molecular weight is 275 g/mol. The van der Waals surface area contributed by atoms with E-state index in [4.69, 9.17) is 9.47 Å². The van der Waals surface area contributed by atoms with Crippen LogP contribution in [0.4, 0.5) is 0 Å². The number of hydrogen-bond donors (Lipinski definition) is 0. The molecule has 0 saturated carbocycles. The Bertz CT molecular complexity index is 476. The third-order valence-electron chi connectivity index (χ3n) is 4.47. The number of carbonyl (C=O) groups is 1. The molecule has 0 aromatic heterocycles. The number of nitrogens with zero attached hydrogens (tertiary/aromatic N) is 1. The highest BCUT2D eigenvalue weighted by Gasteiger charge is 2.54. The molecule has 2 aliphatic heterocycles. The first kappa shape index (κ1) is 13.6. The van der Waals surface area contributed by atoms with Crippen molar-refractivity contribution >= 4 is 5.97 Å². The Kier molecular flexibility index (Phi) is 3.76. The van der Waals surface area contributed by atoms with Crippen molar-refractivity contribution in [3.05, 3.63) is 35.9 Å². The van der Waals surface area contributed by atoms with Crippen LogP contribution in [-0.4, -0.2) is 43.8 Å². The minimum Gasteiger partial charge on any atom is -0.468 e. The lowest BCUT2D eigenvalue weighted by molar-refractivity contribution is -0.165. The molecule has 2 atom stereocenters. The molecule has 4 heteroatoms. The Labute approximate surface area is 119 Å². The highest BCUT2D eigenvalue weighted by atomic mass is 16.5. The fourth-order valence-electron chi connectivity index (χ4n) is 3.50. The Morgan fingerprint density at radius 2 is 2.25 bits per heavy atom. The molecule has 2 saturated heterocycles. The van der Waals surface area contributed by atoms with E-state index >= 15 is 0 Å². The van der Waals surface area contributed by atoms with Crippen molar-refractivity contribution in [2.24, 2.45) is 5.41 Å². The van der Waals surface area contributed by atoms with Gasteiger partial charge < -0.3 is 9.47 Å². The summed E-state index contributed by atoms with van der Waals surface area (Å²) in [4.78, 5) is 14.5. The van der Waals surface area contributed by atoms with Gasteiger partial charge in [0.2, 0.25) is 0 Å². The van der Waals surface area contributed by atoms with Gasteiger partial charge in [-0.05, 0) is 18.4 Å². The molecule has 0 radical (unpaired) electrons. The number of rotatable bonds is 3. The van der Waals surface area contributed by atoms with Crippen LogP contribution in [0, 0.1) is 5.41 Å². The topological polar surface area (TPSA) is 38.8 Å². The predicted octanol–water partition coefficient (Wildman–Crippen LogP) is 1.84. The van der Waals surface area contributed by atoms with E-state index in [2.05, 4.69) is 17.0 Å². The second-order valence-electron chi connectivity index (χ2n) is 5.77. The second-order valence-corrected chi connectivity index (χ2v) is 5.77. The van der Waals surface area contributed by atoms with Crippen LogP contribution in [0.1, 0.15) is 18.4 Å². The quantitative estimate of drug-likeness (QED) is 0.789. The van der Waals surface area contributed by atoms with Gasteiger partial charge in [-0.2, -0.15) is 0 Å². The first-order chi connectivity index (χ1) is 9.74. The molecule has 20 heavy (non-hydrogen) atoms. The third kappa shape index (κ3) is 2.34. The van der Waals surface area contributed by atoms with Crippen molar-refractivity contribution < 1.29 is 14.3 Å². The van der Waals surface area contributed by atoms with Gasteiger partial charge in [-0.1, -0.05) is 30.3 Å². The van der Waals surface area contributed by atoms with Crippen molar-refractivity contribution in [3.8, 4) is 0 Å². The average Bonchev–Trinajstić information content (AvgIpc) is 2.86. The molecule has 0 N–H and O–H groups in total. The van der Waals surface area contributed by atoms with Gasteiger partial charge >= 0.3 is 5.97 Å². The molecule has 0 amide bonds. The molecular weight excluding hydrogens is 254 g/mol. The highest BCUT2D eigenvalue weighted by Crippen LogP contribution is 2.41. The summed E-state index contributed by atoms with van der Waals surface area (Å²) >= 11 is 0. The van der Waals surface area contributed by atoms with E-state index < -0.39 is 5.41 Å². The SMILES string of the molecule is COC(=O)C12CCCOC1CN(Cc1ccccc1)C2. The number of fused-ring (bicyclic) bond motifs is 1. The van der Waals surface area contributed by atoms with Crippen LogP contribution in [0.15, 0.2) is 30.3 Å². The standard InChI is InChI=1S/C16H21NO3/c1-19-15(18)16-8-5-9-20-14(16)11-17(12-16)10-13-6-3-2-4-7-13/h2-4,6-7,14H,5,8-12H2,1H3. The zero-order valence-corrected chi connectivity index (χ0v) is 11.9. The molecule has 2 fully saturated rings. The maximum absolute atomic E-state index is 12.2. The number of methoxy groups -OCH3 is 1. The summed E-state index contributed by atoms with van der Waals surface area (Å²) < 4.78 is 10.9. The molecular formula is C16H21NO3. The fourth-order valence-corrected chi connectivity index (χ4v) is 3.50. The van der Waals surface area contributed by atoms with Gasteiger partial charge in [-0.3, -0.25) is 9.69 Å². The smallest absolute Gasteiger partial charge is 0.315 e. The number of hydrogen-bond acceptors (Lipinski definition) is 4. The van der Waals surface area contributed by atoms with E-state index in [0.29, 0.717) is 0 Å². The molecule has 4 nitrogen and oxygen atoms in total. The molecule has 0 aliphatic carbocycles. The summed E-state index contributed by atoms with van der Waals surface area (Å²) in [5, 5.41) is 0. The summed E-state index contributed by atoms with van der Waals surface area (Å²) in [7, 11) is 1.47. The minimum atomic E-state index is -0.457. The molecule has 0 spiro atoms. The number of carbonyl (C=O) groups excluding carboxylic acids is 1.